The second-order valence-corrected chi connectivity index (χ2v) is 8.83. The topological polar surface area (TPSA) is 108 Å². The Morgan fingerprint density at radius 3 is 2.56 bits per heavy atom. The number of carbonyl (C=O) groups is 1. The van der Waals surface area contributed by atoms with Crippen LogP contribution in [0.2, 0.25) is 0 Å². The van der Waals surface area contributed by atoms with Gasteiger partial charge in [0.25, 0.3) is 5.95 Å². The van der Waals surface area contributed by atoms with Crippen LogP contribution < -0.4 is 4.90 Å². The van der Waals surface area contributed by atoms with Gasteiger partial charge in [-0.2, -0.15) is 15.3 Å². The van der Waals surface area contributed by atoms with Crippen LogP contribution in [0, 0.1) is 17.2 Å². The molecule has 2 aromatic heterocycles. The summed E-state index contributed by atoms with van der Waals surface area (Å²) in [5.74, 6) is 0.822. The van der Waals surface area contributed by atoms with E-state index in [1.54, 1.807) is 0 Å². The lowest BCUT2D eigenvalue weighted by atomic mass is 9.84. The van der Waals surface area contributed by atoms with Crippen molar-refractivity contribution < 1.29 is 9.90 Å². The summed E-state index contributed by atoms with van der Waals surface area (Å²) in [7, 11) is 0. The number of aromatic nitrogens is 4. The predicted octanol–water partition coefficient (Wildman–Crippen LogP) is 4.30. The summed E-state index contributed by atoms with van der Waals surface area (Å²) in [6, 6.07) is 8.86. The van der Waals surface area contributed by atoms with E-state index in [2.05, 4.69) is 34.3 Å². The molecule has 0 bridgehead atoms. The normalized spacial score (nSPS) is 18.0. The predicted molar refractivity (Wildman–Crippen MR) is 120 cm³/mol. The maximum Gasteiger partial charge on any atom is 0.338 e. The van der Waals surface area contributed by atoms with Crippen molar-refractivity contribution in [1.29, 1.82) is 5.26 Å². The van der Waals surface area contributed by atoms with E-state index in [0.717, 1.165) is 42.7 Å². The van der Waals surface area contributed by atoms with Crippen LogP contribution >= 0.6 is 0 Å². The van der Waals surface area contributed by atoms with E-state index in [9.17, 15) is 15.2 Å². The Labute approximate surface area is 186 Å². The molecule has 0 spiro atoms. The Morgan fingerprint density at radius 1 is 1.09 bits per heavy atom. The standard InChI is InChI=1S/C24H26N6O2/c25-13-16-8-10-29(11-9-16)22-20-12-18(17-4-2-1-3-5-17)6-7-21(20)27-24(28-22)30-15-19(14-26-30)23(31)32/h6-7,12,14-17H,1-5,8-11H2,(H,31,32). The van der Waals surface area contributed by atoms with Gasteiger partial charge in [0.1, 0.15) is 5.82 Å². The monoisotopic (exact) mass is 430 g/mol. The fourth-order valence-electron chi connectivity index (χ4n) is 4.91. The molecule has 0 amide bonds. The van der Waals surface area contributed by atoms with Gasteiger partial charge in [-0.05, 0) is 49.3 Å². The molecule has 1 aromatic carbocycles. The third-order valence-electron chi connectivity index (χ3n) is 6.78. The smallest absolute Gasteiger partial charge is 0.338 e. The van der Waals surface area contributed by atoms with E-state index in [-0.39, 0.29) is 11.5 Å². The Hall–Kier alpha value is -3.47. The first-order valence-corrected chi connectivity index (χ1v) is 11.4. The molecule has 0 radical (unpaired) electrons. The number of fused-ring (bicyclic) bond motifs is 1. The molecule has 2 aliphatic rings. The van der Waals surface area contributed by atoms with Crippen LogP contribution in [0.1, 0.15) is 66.8 Å². The van der Waals surface area contributed by atoms with Gasteiger partial charge < -0.3 is 10.0 Å². The number of hydrogen-bond acceptors (Lipinski definition) is 6. The maximum atomic E-state index is 11.3. The molecule has 164 valence electrons. The number of hydrogen-bond donors (Lipinski definition) is 1. The first-order valence-electron chi connectivity index (χ1n) is 11.4. The first kappa shape index (κ1) is 20.4. The largest absolute Gasteiger partial charge is 0.478 e. The molecule has 1 aliphatic carbocycles. The molecule has 3 aromatic rings. The average molecular weight is 431 g/mol. The van der Waals surface area contributed by atoms with Crippen molar-refractivity contribution >= 4 is 22.7 Å². The molecular formula is C24H26N6O2. The molecule has 1 saturated heterocycles. The van der Waals surface area contributed by atoms with E-state index in [0.29, 0.717) is 11.9 Å². The van der Waals surface area contributed by atoms with Crippen molar-refractivity contribution in [3.05, 3.63) is 41.7 Å². The van der Waals surface area contributed by atoms with Crippen LogP contribution in [-0.2, 0) is 0 Å². The van der Waals surface area contributed by atoms with E-state index in [4.69, 9.17) is 9.97 Å². The quantitative estimate of drug-likeness (QED) is 0.657. The molecule has 1 N–H and O–H groups in total. The van der Waals surface area contributed by atoms with Crippen LogP contribution in [0.3, 0.4) is 0 Å². The summed E-state index contributed by atoms with van der Waals surface area (Å²) in [4.78, 5) is 23.1. The molecule has 3 heterocycles. The van der Waals surface area contributed by atoms with E-state index in [1.165, 1.54) is 54.7 Å². The van der Waals surface area contributed by atoms with Crippen molar-refractivity contribution in [3.8, 4) is 12.0 Å². The van der Waals surface area contributed by atoms with Gasteiger partial charge in [-0.3, -0.25) is 0 Å². The zero-order chi connectivity index (χ0) is 22.1. The van der Waals surface area contributed by atoms with Gasteiger partial charge in [-0.15, -0.1) is 0 Å². The summed E-state index contributed by atoms with van der Waals surface area (Å²) < 4.78 is 1.42. The number of carboxylic acids is 1. The van der Waals surface area contributed by atoms with Crippen LogP contribution in [0.25, 0.3) is 16.9 Å². The van der Waals surface area contributed by atoms with Crippen LogP contribution in [0.5, 0.6) is 0 Å². The van der Waals surface area contributed by atoms with E-state index < -0.39 is 5.97 Å². The summed E-state index contributed by atoms with van der Waals surface area (Å²) in [6.45, 7) is 1.52. The summed E-state index contributed by atoms with van der Waals surface area (Å²) >= 11 is 0. The Kier molecular flexibility index (Phi) is 5.48. The minimum absolute atomic E-state index is 0.0841. The maximum absolute atomic E-state index is 11.3. The fraction of sp³-hybridized carbons (Fsp3) is 0.458. The summed E-state index contributed by atoms with van der Waals surface area (Å²) in [5, 5.41) is 23.7. The van der Waals surface area contributed by atoms with Gasteiger partial charge in [0, 0.05) is 30.6 Å². The minimum atomic E-state index is -1.03. The lowest BCUT2D eigenvalue weighted by Crippen LogP contribution is -2.34. The Morgan fingerprint density at radius 2 is 1.88 bits per heavy atom. The molecular weight excluding hydrogens is 404 g/mol. The van der Waals surface area contributed by atoms with Gasteiger partial charge in [-0.1, -0.05) is 25.3 Å². The van der Waals surface area contributed by atoms with Crippen molar-refractivity contribution in [2.75, 3.05) is 18.0 Å². The SMILES string of the molecule is N#CC1CCN(c2nc(-n3cc(C(=O)O)cn3)nc3ccc(C4CCCCC4)cc23)CC1. The number of carboxylic acid groups (broad SMARTS) is 1. The van der Waals surface area contributed by atoms with Gasteiger partial charge in [0.2, 0.25) is 0 Å². The van der Waals surface area contributed by atoms with Crippen molar-refractivity contribution in [2.45, 2.75) is 50.9 Å². The fourth-order valence-corrected chi connectivity index (χ4v) is 4.91. The van der Waals surface area contributed by atoms with Gasteiger partial charge in [-0.25, -0.2) is 14.5 Å². The highest BCUT2D eigenvalue weighted by atomic mass is 16.4. The van der Waals surface area contributed by atoms with Gasteiger partial charge >= 0.3 is 5.97 Å². The van der Waals surface area contributed by atoms with E-state index >= 15 is 0 Å². The first-order chi connectivity index (χ1) is 15.6. The molecule has 2 fully saturated rings. The summed E-state index contributed by atoms with van der Waals surface area (Å²) in [5.41, 5.74) is 2.26. The minimum Gasteiger partial charge on any atom is -0.478 e. The second-order valence-electron chi connectivity index (χ2n) is 8.83. The highest BCUT2D eigenvalue weighted by Gasteiger charge is 2.24. The molecule has 32 heavy (non-hydrogen) atoms. The van der Waals surface area contributed by atoms with E-state index in [1.807, 2.05) is 0 Å². The lowest BCUT2D eigenvalue weighted by molar-refractivity contribution is 0.0697. The number of rotatable bonds is 4. The third kappa shape index (κ3) is 3.91. The highest BCUT2D eigenvalue weighted by molar-refractivity contribution is 5.91. The Bertz CT molecular complexity index is 1180. The highest BCUT2D eigenvalue weighted by Crippen LogP contribution is 2.36. The van der Waals surface area contributed by atoms with Crippen LogP contribution in [0.15, 0.2) is 30.6 Å². The summed E-state index contributed by atoms with van der Waals surface area (Å²) in [6.07, 6.45) is 10.7. The second kappa shape index (κ2) is 8.58. The number of aromatic carboxylic acids is 1. The molecule has 8 nitrogen and oxygen atoms in total. The number of nitrogens with zero attached hydrogens (tertiary/aromatic N) is 6. The molecule has 0 unspecified atom stereocenters. The van der Waals surface area contributed by atoms with Gasteiger partial charge in [0.15, 0.2) is 0 Å². The molecule has 0 atom stereocenters. The van der Waals surface area contributed by atoms with Crippen molar-refractivity contribution in [3.63, 3.8) is 0 Å². The number of piperidine rings is 1. The van der Waals surface area contributed by atoms with Crippen LogP contribution in [0.4, 0.5) is 5.82 Å². The zero-order valence-corrected chi connectivity index (χ0v) is 17.9. The number of anilines is 1. The molecule has 1 aliphatic heterocycles. The number of nitriles is 1. The third-order valence-corrected chi connectivity index (χ3v) is 6.78. The van der Waals surface area contributed by atoms with Gasteiger partial charge in [0.05, 0.1) is 23.3 Å². The lowest BCUT2D eigenvalue weighted by Gasteiger charge is -2.31. The molecule has 1 saturated carbocycles. The molecule has 5 rings (SSSR count). The zero-order valence-electron chi connectivity index (χ0n) is 17.9. The number of benzene rings is 1. The average Bonchev–Trinajstić information content (AvgIpc) is 3.35. The van der Waals surface area contributed by atoms with Crippen molar-refractivity contribution in [1.82, 2.24) is 19.7 Å². The Balaban J connectivity index is 1.59. The van der Waals surface area contributed by atoms with Crippen LogP contribution in [-0.4, -0.2) is 43.9 Å². The molecule has 8 heteroatoms. The van der Waals surface area contributed by atoms with Crippen molar-refractivity contribution in [2.24, 2.45) is 5.92 Å².